The monoisotopic (exact) mass is 206 g/mol. The van der Waals surface area contributed by atoms with Crippen LogP contribution in [0.5, 0.6) is 0 Å². The van der Waals surface area contributed by atoms with E-state index in [4.69, 9.17) is 4.74 Å². The van der Waals surface area contributed by atoms with Gasteiger partial charge in [-0.3, -0.25) is 4.79 Å². The van der Waals surface area contributed by atoms with Gasteiger partial charge in [-0.05, 0) is 18.9 Å². The van der Waals surface area contributed by atoms with Gasteiger partial charge in [0.25, 0.3) is 0 Å². The lowest BCUT2D eigenvalue weighted by atomic mass is 9.94. The van der Waals surface area contributed by atoms with Crippen LogP contribution in [0.25, 0.3) is 0 Å². The average molecular weight is 206 g/mol. The summed E-state index contributed by atoms with van der Waals surface area (Å²) in [5, 5.41) is 0. The van der Waals surface area contributed by atoms with Crippen molar-refractivity contribution in [3.05, 3.63) is 35.9 Å². The predicted octanol–water partition coefficient (Wildman–Crippen LogP) is 2.96. The molecular weight excluding hydrogens is 188 g/mol. The third-order valence-electron chi connectivity index (χ3n) is 2.56. The molecule has 15 heavy (non-hydrogen) atoms. The molecule has 0 N–H and O–H groups in total. The molecule has 1 unspecified atom stereocenters. The standard InChI is InChI=1S/C13H18O2/c1-4-13(3,15-11(2)14)10-12-8-6-5-7-9-12/h5-9H,4,10H2,1-3H3. The highest BCUT2D eigenvalue weighted by Crippen LogP contribution is 2.21. The maximum Gasteiger partial charge on any atom is 0.303 e. The van der Waals surface area contributed by atoms with E-state index in [2.05, 4.69) is 12.1 Å². The minimum absolute atomic E-state index is 0.213. The van der Waals surface area contributed by atoms with Gasteiger partial charge in [0.1, 0.15) is 5.60 Å². The fourth-order valence-corrected chi connectivity index (χ4v) is 1.61. The number of ether oxygens (including phenoxy) is 1. The molecule has 0 aliphatic rings. The molecule has 0 heterocycles. The summed E-state index contributed by atoms with van der Waals surface area (Å²) in [7, 11) is 0. The molecule has 0 aliphatic heterocycles. The normalized spacial score (nSPS) is 14.3. The first-order valence-electron chi connectivity index (χ1n) is 5.29. The zero-order valence-corrected chi connectivity index (χ0v) is 9.62. The summed E-state index contributed by atoms with van der Waals surface area (Å²) < 4.78 is 5.35. The van der Waals surface area contributed by atoms with E-state index in [9.17, 15) is 4.79 Å². The van der Waals surface area contributed by atoms with Crippen molar-refractivity contribution in [2.45, 2.75) is 39.2 Å². The smallest absolute Gasteiger partial charge is 0.303 e. The van der Waals surface area contributed by atoms with Crippen LogP contribution in [-0.4, -0.2) is 11.6 Å². The molecule has 1 atom stereocenters. The van der Waals surface area contributed by atoms with E-state index in [1.807, 2.05) is 32.0 Å². The molecule has 0 amide bonds. The van der Waals surface area contributed by atoms with Crippen LogP contribution in [0.2, 0.25) is 0 Å². The van der Waals surface area contributed by atoms with Gasteiger partial charge in [0.05, 0.1) is 0 Å². The maximum absolute atomic E-state index is 11.0. The van der Waals surface area contributed by atoms with Crippen molar-refractivity contribution in [2.24, 2.45) is 0 Å². The molecule has 1 aromatic carbocycles. The van der Waals surface area contributed by atoms with Crippen LogP contribution in [0.15, 0.2) is 30.3 Å². The number of carbonyl (C=O) groups excluding carboxylic acids is 1. The van der Waals surface area contributed by atoms with E-state index >= 15 is 0 Å². The summed E-state index contributed by atoms with van der Waals surface area (Å²) in [4.78, 5) is 11.0. The number of benzene rings is 1. The fraction of sp³-hybridized carbons (Fsp3) is 0.462. The summed E-state index contributed by atoms with van der Waals surface area (Å²) in [5.41, 5.74) is 0.816. The van der Waals surface area contributed by atoms with Crippen molar-refractivity contribution in [1.29, 1.82) is 0 Å². The second-order valence-electron chi connectivity index (χ2n) is 4.06. The second kappa shape index (κ2) is 4.96. The van der Waals surface area contributed by atoms with Gasteiger partial charge in [-0.2, -0.15) is 0 Å². The van der Waals surface area contributed by atoms with Crippen LogP contribution in [0.4, 0.5) is 0 Å². The van der Waals surface area contributed by atoms with E-state index in [0.29, 0.717) is 0 Å². The highest BCUT2D eigenvalue weighted by atomic mass is 16.6. The first-order chi connectivity index (χ1) is 7.06. The lowest BCUT2D eigenvalue weighted by Gasteiger charge is -2.27. The van der Waals surface area contributed by atoms with Gasteiger partial charge in [-0.1, -0.05) is 37.3 Å². The largest absolute Gasteiger partial charge is 0.459 e. The first-order valence-corrected chi connectivity index (χ1v) is 5.29. The van der Waals surface area contributed by atoms with Crippen molar-refractivity contribution < 1.29 is 9.53 Å². The highest BCUT2D eigenvalue weighted by molar-refractivity contribution is 5.66. The zero-order chi connectivity index (χ0) is 11.3. The predicted molar refractivity (Wildman–Crippen MR) is 60.6 cm³/mol. The van der Waals surface area contributed by atoms with Crippen LogP contribution in [0.3, 0.4) is 0 Å². The maximum atomic E-state index is 11.0. The van der Waals surface area contributed by atoms with Crippen LogP contribution in [-0.2, 0) is 16.0 Å². The number of hydrogen-bond donors (Lipinski definition) is 0. The highest BCUT2D eigenvalue weighted by Gasteiger charge is 2.25. The Kier molecular flexibility index (Phi) is 3.89. The minimum Gasteiger partial charge on any atom is -0.459 e. The van der Waals surface area contributed by atoms with E-state index in [1.165, 1.54) is 12.5 Å². The van der Waals surface area contributed by atoms with Gasteiger partial charge >= 0.3 is 5.97 Å². The van der Waals surface area contributed by atoms with Crippen molar-refractivity contribution in [1.82, 2.24) is 0 Å². The molecule has 1 aromatic rings. The Bertz CT molecular complexity index is 319. The Morgan fingerprint density at radius 3 is 2.40 bits per heavy atom. The first kappa shape index (κ1) is 11.8. The molecule has 0 radical (unpaired) electrons. The van der Waals surface area contributed by atoms with Gasteiger partial charge in [0.15, 0.2) is 0 Å². The van der Waals surface area contributed by atoms with Crippen LogP contribution < -0.4 is 0 Å². The Hall–Kier alpha value is -1.31. The summed E-state index contributed by atoms with van der Waals surface area (Å²) in [6.45, 7) is 5.46. The Labute approximate surface area is 91.3 Å². The van der Waals surface area contributed by atoms with E-state index < -0.39 is 0 Å². The Morgan fingerprint density at radius 2 is 1.93 bits per heavy atom. The summed E-state index contributed by atoms with van der Waals surface area (Å²) in [6.07, 6.45) is 1.59. The summed E-state index contributed by atoms with van der Waals surface area (Å²) in [5.74, 6) is -0.213. The van der Waals surface area contributed by atoms with Crippen molar-refractivity contribution in [3.63, 3.8) is 0 Å². The minimum atomic E-state index is -0.382. The van der Waals surface area contributed by atoms with Crippen molar-refractivity contribution >= 4 is 5.97 Å². The Balaban J connectivity index is 2.72. The molecule has 0 aromatic heterocycles. The molecule has 0 saturated heterocycles. The molecule has 0 spiro atoms. The quantitative estimate of drug-likeness (QED) is 0.708. The molecule has 0 saturated carbocycles. The summed E-state index contributed by atoms with van der Waals surface area (Å²) in [6, 6.07) is 10.1. The molecular formula is C13H18O2. The second-order valence-corrected chi connectivity index (χ2v) is 4.06. The fourth-order valence-electron chi connectivity index (χ4n) is 1.61. The van der Waals surface area contributed by atoms with Gasteiger partial charge < -0.3 is 4.74 Å². The zero-order valence-electron chi connectivity index (χ0n) is 9.62. The van der Waals surface area contributed by atoms with E-state index in [-0.39, 0.29) is 11.6 Å². The van der Waals surface area contributed by atoms with Crippen LogP contribution in [0.1, 0.15) is 32.8 Å². The number of hydrogen-bond acceptors (Lipinski definition) is 2. The van der Waals surface area contributed by atoms with E-state index in [1.54, 1.807) is 0 Å². The SMILES string of the molecule is CCC(C)(Cc1ccccc1)OC(C)=O. The Morgan fingerprint density at radius 1 is 1.33 bits per heavy atom. The number of rotatable bonds is 4. The summed E-state index contributed by atoms with van der Waals surface area (Å²) >= 11 is 0. The van der Waals surface area contributed by atoms with Crippen LogP contribution in [0, 0.1) is 0 Å². The van der Waals surface area contributed by atoms with Gasteiger partial charge in [0.2, 0.25) is 0 Å². The molecule has 2 heteroatoms. The molecule has 2 nitrogen and oxygen atoms in total. The average Bonchev–Trinajstić information content (AvgIpc) is 2.18. The lowest BCUT2D eigenvalue weighted by Crippen LogP contribution is -2.32. The van der Waals surface area contributed by atoms with Crippen molar-refractivity contribution in [3.8, 4) is 0 Å². The van der Waals surface area contributed by atoms with E-state index in [0.717, 1.165) is 12.8 Å². The number of carbonyl (C=O) groups is 1. The molecule has 82 valence electrons. The van der Waals surface area contributed by atoms with Gasteiger partial charge in [-0.15, -0.1) is 0 Å². The topological polar surface area (TPSA) is 26.3 Å². The molecule has 0 fully saturated rings. The molecule has 0 bridgehead atoms. The third kappa shape index (κ3) is 3.74. The van der Waals surface area contributed by atoms with Gasteiger partial charge in [0, 0.05) is 13.3 Å². The third-order valence-corrected chi connectivity index (χ3v) is 2.56. The molecule has 1 rings (SSSR count). The lowest BCUT2D eigenvalue weighted by molar-refractivity contribution is -0.155. The van der Waals surface area contributed by atoms with Crippen molar-refractivity contribution in [2.75, 3.05) is 0 Å². The van der Waals surface area contributed by atoms with Gasteiger partial charge in [-0.25, -0.2) is 0 Å². The van der Waals surface area contributed by atoms with Crippen LogP contribution >= 0.6 is 0 Å². The number of esters is 1. The molecule has 0 aliphatic carbocycles.